The molecule has 0 aliphatic heterocycles. The number of urea groups is 1. The summed E-state index contributed by atoms with van der Waals surface area (Å²) in [4.78, 5) is 23.2. The minimum atomic E-state index is -4.53. The summed E-state index contributed by atoms with van der Waals surface area (Å²) >= 11 is 0. The number of rotatable bonds is 5. The maximum Gasteiger partial charge on any atom is 0.406 e. The highest BCUT2D eigenvalue weighted by Gasteiger charge is 2.35. The first kappa shape index (κ1) is 17.5. The standard InChI is InChI=1S/C11H19F3N2O3/c1-6(2)8(9(17)18)15-10(19)16(7(3)4)5-11(12,13)14/h6-8H,5H2,1-4H3,(H,15,19)(H,17,18)/t8-/m1/s1. The van der Waals surface area contributed by atoms with E-state index in [1.165, 1.54) is 13.8 Å². The normalized spacial score (nSPS) is 13.5. The maximum absolute atomic E-state index is 12.3. The van der Waals surface area contributed by atoms with Gasteiger partial charge in [0.05, 0.1) is 0 Å². The fraction of sp³-hybridized carbons (Fsp3) is 0.818. The van der Waals surface area contributed by atoms with Crippen LogP contribution in [0.4, 0.5) is 18.0 Å². The molecule has 0 aromatic heterocycles. The van der Waals surface area contributed by atoms with Gasteiger partial charge in [-0.2, -0.15) is 13.2 Å². The summed E-state index contributed by atoms with van der Waals surface area (Å²) in [6.45, 7) is 4.55. The first-order chi connectivity index (χ1) is 8.45. The van der Waals surface area contributed by atoms with Crippen molar-refractivity contribution in [2.75, 3.05) is 6.54 Å². The van der Waals surface area contributed by atoms with Gasteiger partial charge in [0.15, 0.2) is 0 Å². The van der Waals surface area contributed by atoms with Gasteiger partial charge in [-0.25, -0.2) is 9.59 Å². The van der Waals surface area contributed by atoms with E-state index in [4.69, 9.17) is 5.11 Å². The van der Waals surface area contributed by atoms with E-state index in [-0.39, 0.29) is 0 Å². The second-order valence-corrected chi connectivity index (χ2v) is 4.85. The highest BCUT2D eigenvalue weighted by molar-refractivity contribution is 5.82. The van der Waals surface area contributed by atoms with Crippen LogP contribution in [0.2, 0.25) is 0 Å². The molecule has 0 aliphatic rings. The smallest absolute Gasteiger partial charge is 0.406 e. The van der Waals surface area contributed by atoms with Gasteiger partial charge in [0, 0.05) is 6.04 Å². The summed E-state index contributed by atoms with van der Waals surface area (Å²) in [7, 11) is 0. The number of aliphatic carboxylic acids is 1. The van der Waals surface area contributed by atoms with Crippen LogP contribution in [-0.4, -0.2) is 46.8 Å². The van der Waals surface area contributed by atoms with Crippen molar-refractivity contribution in [3.05, 3.63) is 0 Å². The number of halogens is 3. The van der Waals surface area contributed by atoms with Crippen LogP contribution in [0.1, 0.15) is 27.7 Å². The molecule has 1 atom stereocenters. The minimum Gasteiger partial charge on any atom is -0.480 e. The van der Waals surface area contributed by atoms with E-state index < -0.39 is 42.7 Å². The van der Waals surface area contributed by atoms with Crippen LogP contribution in [0, 0.1) is 5.92 Å². The third-order valence-corrected chi connectivity index (χ3v) is 2.45. The van der Waals surface area contributed by atoms with Crippen molar-refractivity contribution in [3.8, 4) is 0 Å². The predicted octanol–water partition coefficient (Wildman–Crippen LogP) is 2.08. The van der Waals surface area contributed by atoms with Gasteiger partial charge in [-0.15, -0.1) is 0 Å². The molecule has 0 unspecified atom stereocenters. The fourth-order valence-corrected chi connectivity index (χ4v) is 1.41. The molecule has 0 aromatic rings. The molecule has 0 aliphatic carbocycles. The van der Waals surface area contributed by atoms with Crippen molar-refractivity contribution in [2.24, 2.45) is 5.92 Å². The molecule has 2 amide bonds. The number of carboxylic acid groups (broad SMARTS) is 1. The van der Waals surface area contributed by atoms with Gasteiger partial charge >= 0.3 is 18.2 Å². The summed E-state index contributed by atoms with van der Waals surface area (Å²) < 4.78 is 37.0. The fourth-order valence-electron chi connectivity index (χ4n) is 1.41. The zero-order valence-electron chi connectivity index (χ0n) is 11.3. The number of nitrogens with zero attached hydrogens (tertiary/aromatic N) is 1. The molecule has 0 aromatic carbocycles. The lowest BCUT2D eigenvalue weighted by Crippen LogP contribution is -2.54. The third-order valence-electron chi connectivity index (χ3n) is 2.45. The lowest BCUT2D eigenvalue weighted by molar-refractivity contribution is -0.143. The van der Waals surface area contributed by atoms with Crippen LogP contribution in [0.25, 0.3) is 0 Å². The zero-order chi connectivity index (χ0) is 15.4. The maximum atomic E-state index is 12.3. The number of nitrogens with one attached hydrogen (secondary N) is 1. The molecule has 0 saturated heterocycles. The van der Waals surface area contributed by atoms with Gasteiger partial charge < -0.3 is 15.3 Å². The number of carbonyl (C=O) groups excluding carboxylic acids is 1. The first-order valence-corrected chi connectivity index (χ1v) is 5.82. The molecule has 0 saturated carbocycles. The third kappa shape index (κ3) is 6.30. The lowest BCUT2D eigenvalue weighted by atomic mass is 10.1. The molecule has 5 nitrogen and oxygen atoms in total. The minimum absolute atomic E-state index is 0.429. The average Bonchev–Trinajstić information content (AvgIpc) is 2.19. The van der Waals surface area contributed by atoms with Gasteiger partial charge in [0.1, 0.15) is 12.6 Å². The Morgan fingerprint density at radius 2 is 1.68 bits per heavy atom. The number of carboxylic acids is 1. The van der Waals surface area contributed by atoms with E-state index >= 15 is 0 Å². The predicted molar refractivity (Wildman–Crippen MR) is 62.7 cm³/mol. The highest BCUT2D eigenvalue weighted by atomic mass is 19.4. The van der Waals surface area contributed by atoms with Crippen molar-refractivity contribution in [2.45, 2.75) is 46.0 Å². The molecule has 112 valence electrons. The zero-order valence-corrected chi connectivity index (χ0v) is 11.3. The van der Waals surface area contributed by atoms with E-state index in [9.17, 15) is 22.8 Å². The van der Waals surface area contributed by atoms with E-state index in [0.717, 1.165) is 0 Å². The Bertz CT molecular complexity index is 330. The Morgan fingerprint density at radius 1 is 1.21 bits per heavy atom. The molecule has 2 N–H and O–H groups in total. The van der Waals surface area contributed by atoms with E-state index in [2.05, 4.69) is 5.32 Å². The Hall–Kier alpha value is -1.47. The molecule has 0 bridgehead atoms. The number of alkyl halides is 3. The van der Waals surface area contributed by atoms with Crippen LogP contribution in [0.15, 0.2) is 0 Å². The second kappa shape index (κ2) is 6.63. The van der Waals surface area contributed by atoms with Crippen LogP contribution in [-0.2, 0) is 4.79 Å². The summed E-state index contributed by atoms with van der Waals surface area (Å²) in [6, 6.07) is -2.95. The van der Waals surface area contributed by atoms with Gasteiger partial charge in [0.25, 0.3) is 0 Å². The number of amides is 2. The molecule has 0 fully saturated rings. The SMILES string of the molecule is CC(C)[C@@H](NC(=O)N(CC(F)(F)F)C(C)C)C(=O)O. The van der Waals surface area contributed by atoms with Crippen LogP contribution >= 0.6 is 0 Å². The largest absolute Gasteiger partial charge is 0.480 e. The molecule has 0 heterocycles. The van der Waals surface area contributed by atoms with Gasteiger partial charge in [0.2, 0.25) is 0 Å². The highest BCUT2D eigenvalue weighted by Crippen LogP contribution is 2.18. The van der Waals surface area contributed by atoms with Crippen molar-refractivity contribution in [1.29, 1.82) is 0 Å². The van der Waals surface area contributed by atoms with E-state index in [1.54, 1.807) is 13.8 Å². The number of hydrogen-bond donors (Lipinski definition) is 2. The molecule has 0 radical (unpaired) electrons. The van der Waals surface area contributed by atoms with Crippen molar-refractivity contribution in [3.63, 3.8) is 0 Å². The Kier molecular flexibility index (Phi) is 6.11. The molecule has 8 heteroatoms. The topological polar surface area (TPSA) is 69.6 Å². The molecule has 19 heavy (non-hydrogen) atoms. The van der Waals surface area contributed by atoms with Gasteiger partial charge in [-0.05, 0) is 19.8 Å². The molecular weight excluding hydrogens is 265 g/mol. The molecule has 0 rings (SSSR count). The summed E-state index contributed by atoms with van der Waals surface area (Å²) in [6.07, 6.45) is -4.53. The van der Waals surface area contributed by atoms with Gasteiger partial charge in [-0.1, -0.05) is 13.8 Å². The Morgan fingerprint density at radius 3 is 1.95 bits per heavy atom. The summed E-state index contributed by atoms with van der Waals surface area (Å²) in [5, 5.41) is 11.0. The molecular formula is C11H19F3N2O3. The Balaban J connectivity index is 4.87. The first-order valence-electron chi connectivity index (χ1n) is 5.82. The second-order valence-electron chi connectivity index (χ2n) is 4.85. The van der Waals surface area contributed by atoms with E-state index in [0.29, 0.717) is 4.90 Å². The van der Waals surface area contributed by atoms with Crippen molar-refractivity contribution in [1.82, 2.24) is 10.2 Å². The van der Waals surface area contributed by atoms with Crippen molar-refractivity contribution < 1.29 is 27.9 Å². The monoisotopic (exact) mass is 284 g/mol. The quantitative estimate of drug-likeness (QED) is 0.812. The molecule has 0 spiro atoms. The number of carbonyl (C=O) groups is 2. The summed E-state index contributed by atoms with van der Waals surface area (Å²) in [5.41, 5.74) is 0. The van der Waals surface area contributed by atoms with Gasteiger partial charge in [-0.3, -0.25) is 0 Å². The van der Waals surface area contributed by atoms with Crippen LogP contribution in [0.3, 0.4) is 0 Å². The lowest BCUT2D eigenvalue weighted by Gasteiger charge is -2.30. The van der Waals surface area contributed by atoms with Crippen molar-refractivity contribution >= 4 is 12.0 Å². The number of hydrogen-bond acceptors (Lipinski definition) is 2. The van der Waals surface area contributed by atoms with E-state index in [1.807, 2.05) is 0 Å². The van der Waals surface area contributed by atoms with Crippen LogP contribution < -0.4 is 5.32 Å². The van der Waals surface area contributed by atoms with Crippen LogP contribution in [0.5, 0.6) is 0 Å². The average molecular weight is 284 g/mol. The summed E-state index contributed by atoms with van der Waals surface area (Å²) in [5.74, 6) is -1.71. The Labute approximate surface area is 109 Å².